The maximum absolute atomic E-state index is 12.3. The number of sulfonamides is 1. The Labute approximate surface area is 181 Å². The largest absolute Gasteiger partial charge is 0.428 e. The molecule has 1 heterocycles. The molecule has 1 amide bonds. The molecule has 10 heteroatoms. The number of amides is 1. The van der Waals surface area contributed by atoms with Crippen LogP contribution in [0.4, 0.5) is 11.7 Å². The quantitative estimate of drug-likeness (QED) is 0.662. The van der Waals surface area contributed by atoms with Gasteiger partial charge in [0.15, 0.2) is 5.69 Å². The smallest absolute Gasteiger partial charge is 0.302 e. The van der Waals surface area contributed by atoms with Crippen LogP contribution in [0.2, 0.25) is 0 Å². The monoisotopic (exact) mass is 446 g/mol. The number of carbonyl (C=O) groups excluding carboxylic acids is 1. The first-order valence-corrected chi connectivity index (χ1v) is 12.0. The number of aryl methyl sites for hydroxylation is 1. The molecule has 1 aromatic carbocycles. The first-order valence-electron chi connectivity index (χ1n) is 10.1. The van der Waals surface area contributed by atoms with Crippen LogP contribution in [0.25, 0.3) is 0 Å². The average molecular weight is 447 g/mol. The molecule has 9 nitrogen and oxygen atoms in total. The lowest BCUT2D eigenvalue weighted by Crippen LogP contribution is -2.30. The number of oxazole rings is 1. The van der Waals surface area contributed by atoms with E-state index >= 15 is 0 Å². The molecular formula is C21H26N4O5S. The predicted octanol–water partition coefficient (Wildman–Crippen LogP) is 2.62. The minimum atomic E-state index is -3.74. The van der Waals surface area contributed by atoms with Gasteiger partial charge >= 0.3 is 6.01 Å². The van der Waals surface area contributed by atoms with Gasteiger partial charge in [-0.2, -0.15) is 10.2 Å². The third-order valence-electron chi connectivity index (χ3n) is 5.41. The number of nitrogens with one attached hydrogen (secondary N) is 1. The SMILES string of the molecule is Cc1oc(N(CCC2CCCCC2O)c2ccc(C#N)cc2)nc1C(=O)NS(C)(=O)=O. The number of nitrogens with zero attached hydrogens (tertiary/aromatic N) is 3. The van der Waals surface area contributed by atoms with Crippen molar-refractivity contribution in [2.24, 2.45) is 5.92 Å². The molecule has 0 saturated heterocycles. The molecule has 1 aliphatic rings. The molecule has 1 aromatic heterocycles. The summed E-state index contributed by atoms with van der Waals surface area (Å²) >= 11 is 0. The van der Waals surface area contributed by atoms with Crippen molar-refractivity contribution in [3.8, 4) is 6.07 Å². The van der Waals surface area contributed by atoms with E-state index in [0.717, 1.165) is 31.9 Å². The van der Waals surface area contributed by atoms with Crippen molar-refractivity contribution < 1.29 is 22.7 Å². The third-order valence-corrected chi connectivity index (χ3v) is 5.97. The molecule has 1 fully saturated rings. The Morgan fingerprint density at radius 1 is 1.32 bits per heavy atom. The molecule has 2 unspecified atom stereocenters. The van der Waals surface area contributed by atoms with Crippen LogP contribution in [0.15, 0.2) is 28.7 Å². The molecule has 2 aromatic rings. The Kier molecular flexibility index (Phi) is 6.97. The van der Waals surface area contributed by atoms with Crippen LogP contribution < -0.4 is 9.62 Å². The van der Waals surface area contributed by atoms with Gasteiger partial charge in [0.05, 0.1) is 24.0 Å². The van der Waals surface area contributed by atoms with E-state index in [1.165, 1.54) is 6.92 Å². The third kappa shape index (κ3) is 5.83. The number of hydrogen-bond donors (Lipinski definition) is 2. The molecule has 0 spiro atoms. The second kappa shape index (κ2) is 9.49. The number of carbonyl (C=O) groups is 1. The Morgan fingerprint density at radius 3 is 2.61 bits per heavy atom. The fraction of sp³-hybridized carbons (Fsp3) is 0.476. The van der Waals surface area contributed by atoms with Crippen molar-refractivity contribution in [2.75, 3.05) is 17.7 Å². The minimum Gasteiger partial charge on any atom is -0.428 e. The van der Waals surface area contributed by atoms with Gasteiger partial charge in [-0.25, -0.2) is 13.1 Å². The van der Waals surface area contributed by atoms with Gasteiger partial charge in [0.25, 0.3) is 5.91 Å². The summed E-state index contributed by atoms with van der Waals surface area (Å²) in [5.74, 6) is -0.524. The molecule has 1 saturated carbocycles. The normalized spacial score (nSPS) is 18.9. The van der Waals surface area contributed by atoms with Gasteiger partial charge in [-0.3, -0.25) is 9.69 Å². The second-order valence-corrected chi connectivity index (χ2v) is 9.56. The van der Waals surface area contributed by atoms with Crippen molar-refractivity contribution in [2.45, 2.75) is 45.1 Å². The van der Waals surface area contributed by atoms with Gasteiger partial charge in [0, 0.05) is 12.2 Å². The van der Waals surface area contributed by atoms with Crippen LogP contribution in [0.3, 0.4) is 0 Å². The van der Waals surface area contributed by atoms with Gasteiger partial charge in [-0.05, 0) is 56.4 Å². The summed E-state index contributed by atoms with van der Waals surface area (Å²) in [6.45, 7) is 2.01. The fourth-order valence-electron chi connectivity index (χ4n) is 3.80. The van der Waals surface area contributed by atoms with Crippen LogP contribution in [-0.2, 0) is 10.0 Å². The molecule has 2 atom stereocenters. The number of nitriles is 1. The zero-order valence-corrected chi connectivity index (χ0v) is 18.4. The number of aromatic nitrogens is 1. The van der Waals surface area contributed by atoms with E-state index in [-0.39, 0.29) is 29.5 Å². The molecule has 31 heavy (non-hydrogen) atoms. The zero-order valence-electron chi connectivity index (χ0n) is 17.5. The lowest BCUT2D eigenvalue weighted by molar-refractivity contribution is 0.0665. The highest BCUT2D eigenvalue weighted by Gasteiger charge is 2.27. The van der Waals surface area contributed by atoms with Crippen LogP contribution >= 0.6 is 0 Å². The van der Waals surface area contributed by atoms with Crippen molar-refractivity contribution >= 4 is 27.6 Å². The summed E-state index contributed by atoms with van der Waals surface area (Å²) in [5.41, 5.74) is 1.10. The van der Waals surface area contributed by atoms with Crippen LogP contribution in [0.1, 0.15) is 53.9 Å². The summed E-state index contributed by atoms with van der Waals surface area (Å²) < 4.78 is 30.4. The average Bonchev–Trinajstić information content (AvgIpc) is 3.10. The highest BCUT2D eigenvalue weighted by molar-refractivity contribution is 7.89. The molecule has 1 aliphatic carbocycles. The highest BCUT2D eigenvalue weighted by atomic mass is 32.2. The lowest BCUT2D eigenvalue weighted by Gasteiger charge is -2.30. The minimum absolute atomic E-state index is 0.114. The van der Waals surface area contributed by atoms with Crippen LogP contribution in [0, 0.1) is 24.2 Å². The summed E-state index contributed by atoms with van der Waals surface area (Å²) in [5, 5.41) is 19.4. The molecule has 0 bridgehead atoms. The van der Waals surface area contributed by atoms with Gasteiger partial charge < -0.3 is 9.52 Å². The second-order valence-electron chi connectivity index (χ2n) is 7.82. The summed E-state index contributed by atoms with van der Waals surface area (Å²) in [7, 11) is -3.74. The van der Waals surface area contributed by atoms with E-state index in [2.05, 4.69) is 11.1 Å². The van der Waals surface area contributed by atoms with Gasteiger partial charge in [0.2, 0.25) is 10.0 Å². The first-order chi connectivity index (χ1) is 14.7. The topological polar surface area (TPSA) is 137 Å². The number of aliphatic hydroxyl groups is 1. The van der Waals surface area contributed by atoms with E-state index < -0.39 is 15.9 Å². The van der Waals surface area contributed by atoms with Crippen molar-refractivity contribution in [3.63, 3.8) is 0 Å². The molecular weight excluding hydrogens is 420 g/mol. The maximum Gasteiger partial charge on any atom is 0.302 e. The van der Waals surface area contributed by atoms with Gasteiger partial charge in [-0.1, -0.05) is 12.8 Å². The fourth-order valence-corrected chi connectivity index (χ4v) is 4.23. The first kappa shape index (κ1) is 22.8. The van der Waals surface area contributed by atoms with E-state index in [0.29, 0.717) is 24.2 Å². The highest BCUT2D eigenvalue weighted by Crippen LogP contribution is 2.31. The maximum atomic E-state index is 12.3. The molecule has 0 radical (unpaired) electrons. The van der Waals surface area contributed by atoms with Crippen LogP contribution in [0.5, 0.6) is 0 Å². The molecule has 2 N–H and O–H groups in total. The van der Waals surface area contributed by atoms with Gasteiger partial charge in [0.1, 0.15) is 5.76 Å². The standard InChI is InChI=1S/C21H26N4O5S/c1-14-19(20(27)24-31(2,28)29)23-21(30-14)25(17-9-7-15(13-22)8-10-17)12-11-16-5-3-4-6-18(16)26/h7-10,16,18,26H,3-6,11-12H2,1-2H3,(H,24,27). The summed E-state index contributed by atoms with van der Waals surface area (Å²) in [4.78, 5) is 18.3. The van der Waals surface area contributed by atoms with Crippen molar-refractivity contribution in [1.29, 1.82) is 5.26 Å². The number of aliphatic hydroxyl groups excluding tert-OH is 1. The molecule has 0 aliphatic heterocycles. The molecule has 3 rings (SSSR count). The Hall–Kier alpha value is -2.90. The number of hydrogen-bond acceptors (Lipinski definition) is 8. The van der Waals surface area contributed by atoms with E-state index in [1.54, 1.807) is 29.2 Å². The number of rotatable bonds is 7. The van der Waals surface area contributed by atoms with E-state index in [4.69, 9.17) is 9.68 Å². The van der Waals surface area contributed by atoms with Crippen molar-refractivity contribution in [1.82, 2.24) is 9.71 Å². The summed E-state index contributed by atoms with van der Waals surface area (Å²) in [6.07, 6.45) is 5.05. The number of benzene rings is 1. The zero-order chi connectivity index (χ0) is 22.6. The summed E-state index contributed by atoms with van der Waals surface area (Å²) in [6, 6.07) is 9.07. The van der Waals surface area contributed by atoms with Crippen LogP contribution in [-0.4, -0.2) is 43.3 Å². The van der Waals surface area contributed by atoms with Gasteiger partial charge in [-0.15, -0.1) is 0 Å². The Morgan fingerprint density at radius 2 is 2.00 bits per heavy atom. The number of anilines is 2. The molecule has 166 valence electrons. The van der Waals surface area contributed by atoms with E-state index in [1.807, 2.05) is 4.72 Å². The Bertz CT molecular complexity index is 1070. The predicted molar refractivity (Wildman–Crippen MR) is 114 cm³/mol. The Balaban J connectivity index is 1.89. The van der Waals surface area contributed by atoms with Crippen molar-refractivity contribution in [3.05, 3.63) is 41.3 Å². The lowest BCUT2D eigenvalue weighted by atomic mass is 9.84. The van der Waals surface area contributed by atoms with E-state index in [9.17, 15) is 18.3 Å².